The molecule has 1 aliphatic rings. The number of carbonyl (C=O) groups is 2. The molecule has 1 fully saturated rings. The quantitative estimate of drug-likeness (QED) is 0.300. The van der Waals surface area contributed by atoms with Gasteiger partial charge in [0, 0.05) is 17.7 Å². The molecule has 2 aromatic rings. The molecule has 0 aromatic heterocycles. The van der Waals surface area contributed by atoms with Gasteiger partial charge in [0.1, 0.15) is 23.0 Å². The molecule has 0 bridgehead atoms. The number of aliphatic hydroxyl groups excluding tert-OH is 1. The lowest BCUT2D eigenvalue weighted by Crippen LogP contribution is -2.32. The van der Waals surface area contributed by atoms with Crippen LogP contribution in [0.3, 0.4) is 0 Å². The van der Waals surface area contributed by atoms with Gasteiger partial charge in [-0.05, 0) is 89.8 Å². The predicted octanol–water partition coefficient (Wildman–Crippen LogP) is 4.17. The number of methoxy groups -OCH3 is 2. The molecule has 0 radical (unpaired) electrons. The zero-order valence-corrected chi connectivity index (χ0v) is 22.1. The largest absolute Gasteiger partial charge is 0.507 e. The van der Waals surface area contributed by atoms with Crippen molar-refractivity contribution in [2.45, 2.75) is 39.3 Å². The molecule has 3 rings (SSSR count). The number of likely N-dealkylation sites (tertiary alicyclic amines) is 1. The predicted molar refractivity (Wildman–Crippen MR) is 139 cm³/mol. The van der Waals surface area contributed by atoms with Gasteiger partial charge in [0.15, 0.2) is 0 Å². The maximum absolute atomic E-state index is 13.4. The van der Waals surface area contributed by atoms with E-state index in [0.29, 0.717) is 41.3 Å². The second-order valence-corrected chi connectivity index (χ2v) is 9.40. The van der Waals surface area contributed by atoms with Crippen molar-refractivity contribution < 1.29 is 28.9 Å². The third-order valence-electron chi connectivity index (χ3n) is 6.10. The van der Waals surface area contributed by atoms with Crippen LogP contribution >= 0.6 is 0 Å². The molecular weight excluding hydrogens is 460 g/mol. The van der Waals surface area contributed by atoms with Crippen LogP contribution in [0.4, 0.5) is 0 Å². The van der Waals surface area contributed by atoms with Crippen LogP contribution in [-0.4, -0.2) is 74.1 Å². The number of amides is 1. The summed E-state index contributed by atoms with van der Waals surface area (Å²) in [6.07, 6.45) is 0.653. The van der Waals surface area contributed by atoms with Crippen molar-refractivity contribution in [2.75, 3.05) is 41.4 Å². The van der Waals surface area contributed by atoms with E-state index in [9.17, 15) is 14.7 Å². The lowest BCUT2D eigenvalue weighted by molar-refractivity contribution is -0.140. The van der Waals surface area contributed by atoms with Crippen LogP contribution in [-0.2, 0) is 9.59 Å². The highest BCUT2D eigenvalue weighted by Crippen LogP contribution is 2.44. The summed E-state index contributed by atoms with van der Waals surface area (Å²) in [5.74, 6) is 0.0949. The van der Waals surface area contributed by atoms with Gasteiger partial charge in [-0.25, -0.2) is 0 Å². The Hall–Kier alpha value is -3.52. The van der Waals surface area contributed by atoms with E-state index in [1.807, 2.05) is 45.8 Å². The minimum Gasteiger partial charge on any atom is -0.507 e. The molecule has 1 atom stereocenters. The first-order chi connectivity index (χ1) is 17.1. The number of aliphatic hydroxyl groups is 1. The van der Waals surface area contributed by atoms with Crippen molar-refractivity contribution in [2.24, 2.45) is 0 Å². The Bertz CT molecular complexity index is 1150. The maximum Gasteiger partial charge on any atom is 0.295 e. The van der Waals surface area contributed by atoms with Gasteiger partial charge in [-0.3, -0.25) is 9.59 Å². The molecule has 0 saturated carbocycles. The minimum absolute atomic E-state index is 0.00290. The van der Waals surface area contributed by atoms with E-state index in [2.05, 4.69) is 0 Å². The van der Waals surface area contributed by atoms with Gasteiger partial charge >= 0.3 is 0 Å². The van der Waals surface area contributed by atoms with Crippen molar-refractivity contribution >= 4 is 17.4 Å². The highest BCUT2D eigenvalue weighted by Gasteiger charge is 2.47. The van der Waals surface area contributed by atoms with Gasteiger partial charge in [-0.1, -0.05) is 0 Å². The molecular formula is C28H36N2O6. The molecule has 1 amide bonds. The van der Waals surface area contributed by atoms with Gasteiger partial charge in [-0.2, -0.15) is 0 Å². The van der Waals surface area contributed by atoms with Crippen LogP contribution in [0.5, 0.6) is 17.2 Å². The van der Waals surface area contributed by atoms with Crippen LogP contribution < -0.4 is 14.2 Å². The van der Waals surface area contributed by atoms with Crippen molar-refractivity contribution in [3.05, 3.63) is 58.7 Å². The summed E-state index contributed by atoms with van der Waals surface area (Å²) >= 11 is 0. The van der Waals surface area contributed by atoms with Crippen LogP contribution in [0.2, 0.25) is 0 Å². The normalized spacial score (nSPS) is 17.2. The van der Waals surface area contributed by atoms with Crippen LogP contribution in [0, 0.1) is 6.92 Å². The minimum atomic E-state index is -0.830. The number of carbonyl (C=O) groups excluding carboxylic acids is 2. The summed E-state index contributed by atoms with van der Waals surface area (Å²) in [6, 6.07) is 9.66. The van der Waals surface area contributed by atoms with E-state index < -0.39 is 17.7 Å². The van der Waals surface area contributed by atoms with Crippen molar-refractivity contribution in [3.8, 4) is 17.2 Å². The summed E-state index contributed by atoms with van der Waals surface area (Å²) in [4.78, 5) is 30.2. The Balaban J connectivity index is 2.19. The van der Waals surface area contributed by atoms with Gasteiger partial charge in [0.25, 0.3) is 11.7 Å². The average molecular weight is 497 g/mol. The lowest BCUT2D eigenvalue weighted by atomic mass is 9.93. The van der Waals surface area contributed by atoms with Gasteiger partial charge in [0.2, 0.25) is 0 Å². The van der Waals surface area contributed by atoms with Crippen LogP contribution in [0.25, 0.3) is 5.76 Å². The second-order valence-electron chi connectivity index (χ2n) is 9.40. The summed E-state index contributed by atoms with van der Waals surface area (Å²) in [5.41, 5.74) is 1.78. The summed E-state index contributed by atoms with van der Waals surface area (Å²) in [6.45, 7) is 6.77. The van der Waals surface area contributed by atoms with E-state index in [4.69, 9.17) is 14.2 Å². The SMILES string of the molecule is COc1ccc(OC)c(C2/C(=C(\O)c3ccc(OC(C)C)cc3C)C(=O)C(=O)N2CCCN(C)C)c1. The first-order valence-electron chi connectivity index (χ1n) is 12.0. The van der Waals surface area contributed by atoms with Gasteiger partial charge in [0.05, 0.1) is 31.9 Å². The Kier molecular flexibility index (Phi) is 8.63. The standard InChI is InChI=1S/C28H36N2O6/c1-17(2)36-20-9-11-21(18(3)15-20)26(31)24-25(22-16-19(34-6)10-12-23(22)35-7)30(28(33)27(24)32)14-8-13-29(4)5/h9-12,15-17,25,31H,8,13-14H2,1-7H3/b26-24+. The third-order valence-corrected chi connectivity index (χ3v) is 6.10. The molecule has 0 spiro atoms. The molecule has 1 unspecified atom stereocenters. The first-order valence-corrected chi connectivity index (χ1v) is 12.0. The van der Waals surface area contributed by atoms with Crippen molar-refractivity contribution in [1.82, 2.24) is 9.80 Å². The molecule has 1 N–H and O–H groups in total. The number of hydrogen-bond donors (Lipinski definition) is 1. The molecule has 2 aromatic carbocycles. The van der Waals surface area contributed by atoms with Crippen molar-refractivity contribution in [3.63, 3.8) is 0 Å². The molecule has 0 aliphatic carbocycles. The first kappa shape index (κ1) is 27.1. The molecule has 8 nitrogen and oxygen atoms in total. The van der Waals surface area contributed by atoms with E-state index in [1.54, 1.807) is 37.4 Å². The third kappa shape index (κ3) is 5.65. The molecule has 1 aliphatic heterocycles. The Morgan fingerprint density at radius 1 is 1.06 bits per heavy atom. The molecule has 1 heterocycles. The topological polar surface area (TPSA) is 88.5 Å². The molecule has 8 heteroatoms. The monoisotopic (exact) mass is 496 g/mol. The number of rotatable bonds is 10. The zero-order chi connectivity index (χ0) is 26.6. The fourth-order valence-electron chi connectivity index (χ4n) is 4.44. The number of Topliss-reactive ketones (excluding diaryl/α,β-unsaturated/α-hetero) is 1. The highest BCUT2D eigenvalue weighted by molar-refractivity contribution is 6.46. The smallest absolute Gasteiger partial charge is 0.295 e. The van der Waals surface area contributed by atoms with Crippen LogP contribution in [0.15, 0.2) is 42.0 Å². The fraction of sp³-hybridized carbons (Fsp3) is 0.429. The average Bonchev–Trinajstić information content (AvgIpc) is 3.07. The number of nitrogens with zero attached hydrogens (tertiary/aromatic N) is 2. The van der Waals surface area contributed by atoms with Crippen molar-refractivity contribution in [1.29, 1.82) is 0 Å². The molecule has 36 heavy (non-hydrogen) atoms. The number of ether oxygens (including phenoxy) is 3. The Labute approximate surface area is 213 Å². The van der Waals surface area contributed by atoms with Gasteiger partial charge in [-0.15, -0.1) is 0 Å². The van der Waals surface area contributed by atoms with Crippen LogP contribution in [0.1, 0.15) is 43.0 Å². The Morgan fingerprint density at radius 3 is 2.33 bits per heavy atom. The van der Waals surface area contributed by atoms with E-state index in [-0.39, 0.29) is 17.4 Å². The number of benzene rings is 2. The molecule has 1 saturated heterocycles. The fourth-order valence-corrected chi connectivity index (χ4v) is 4.44. The van der Waals surface area contributed by atoms with Gasteiger partial charge < -0.3 is 29.1 Å². The zero-order valence-electron chi connectivity index (χ0n) is 22.1. The highest BCUT2D eigenvalue weighted by atomic mass is 16.5. The molecule has 194 valence electrons. The maximum atomic E-state index is 13.4. The summed E-state index contributed by atoms with van der Waals surface area (Å²) in [5, 5.41) is 11.5. The van der Waals surface area contributed by atoms with E-state index in [0.717, 1.165) is 12.1 Å². The Morgan fingerprint density at radius 2 is 1.75 bits per heavy atom. The number of ketones is 1. The summed E-state index contributed by atoms with van der Waals surface area (Å²) in [7, 11) is 6.98. The second kappa shape index (κ2) is 11.5. The lowest BCUT2D eigenvalue weighted by Gasteiger charge is -2.27. The summed E-state index contributed by atoms with van der Waals surface area (Å²) < 4.78 is 16.8. The number of aryl methyl sites for hydroxylation is 1. The number of hydrogen-bond acceptors (Lipinski definition) is 7. The van der Waals surface area contributed by atoms with E-state index in [1.165, 1.54) is 12.0 Å². The van der Waals surface area contributed by atoms with E-state index >= 15 is 0 Å².